The van der Waals surface area contributed by atoms with E-state index >= 15 is 0 Å². The van der Waals surface area contributed by atoms with Crippen molar-refractivity contribution in [2.24, 2.45) is 0 Å². The Balaban J connectivity index is 3.27. The zero-order chi connectivity index (χ0) is 10.7. The third kappa shape index (κ3) is 2.32. The fourth-order valence-electron chi connectivity index (χ4n) is 1.06. The summed E-state index contributed by atoms with van der Waals surface area (Å²) < 4.78 is 24.9. The predicted molar refractivity (Wildman–Crippen MR) is 49.7 cm³/mol. The van der Waals surface area contributed by atoms with Crippen LogP contribution in [0.1, 0.15) is 23.2 Å². The molecule has 0 saturated heterocycles. The zero-order valence-electron chi connectivity index (χ0n) is 6.98. The molecule has 0 saturated carbocycles. The van der Waals surface area contributed by atoms with E-state index < -0.39 is 18.6 Å². The Morgan fingerprint density at radius 3 is 2.57 bits per heavy atom. The molecule has 0 unspecified atom stereocenters. The van der Waals surface area contributed by atoms with Gasteiger partial charge in [0.1, 0.15) is 5.15 Å². The Labute approximate surface area is 89.5 Å². The largest absolute Gasteiger partial charge is 0.392 e. The number of aliphatic hydroxyl groups excluding tert-OH is 1. The molecule has 0 bridgehead atoms. The molecule has 0 aliphatic carbocycles. The molecular formula is C8H7Cl2F2NO. The highest BCUT2D eigenvalue weighted by Crippen LogP contribution is 2.29. The van der Waals surface area contributed by atoms with Crippen molar-refractivity contribution >= 4 is 23.2 Å². The van der Waals surface area contributed by atoms with Crippen LogP contribution < -0.4 is 0 Å². The van der Waals surface area contributed by atoms with Crippen molar-refractivity contribution in [1.82, 2.24) is 4.98 Å². The van der Waals surface area contributed by atoms with E-state index in [9.17, 15) is 8.78 Å². The summed E-state index contributed by atoms with van der Waals surface area (Å²) in [6.45, 7) is -0.508. The van der Waals surface area contributed by atoms with Crippen LogP contribution in [0, 0.1) is 0 Å². The van der Waals surface area contributed by atoms with Crippen LogP contribution in [0.5, 0.6) is 0 Å². The molecule has 0 aliphatic heterocycles. The van der Waals surface area contributed by atoms with Gasteiger partial charge in [-0.3, -0.25) is 0 Å². The summed E-state index contributed by atoms with van der Waals surface area (Å²) in [5.41, 5.74) is 0.00352. The first kappa shape index (κ1) is 11.6. The molecule has 0 amide bonds. The summed E-state index contributed by atoms with van der Waals surface area (Å²) in [6.07, 6.45) is -2.75. The van der Waals surface area contributed by atoms with Crippen LogP contribution in [0.3, 0.4) is 0 Å². The van der Waals surface area contributed by atoms with Gasteiger partial charge < -0.3 is 5.11 Å². The second kappa shape index (κ2) is 4.87. The van der Waals surface area contributed by atoms with Crippen molar-refractivity contribution in [3.05, 3.63) is 28.0 Å². The lowest BCUT2D eigenvalue weighted by Gasteiger charge is -2.09. The molecule has 2 nitrogen and oxygen atoms in total. The quantitative estimate of drug-likeness (QED) is 0.652. The van der Waals surface area contributed by atoms with Crippen LogP contribution in [-0.2, 0) is 12.5 Å². The molecule has 1 aromatic rings. The molecule has 0 spiro atoms. The summed E-state index contributed by atoms with van der Waals surface area (Å²) in [5.74, 6) is 0.0657. The molecule has 1 N–H and O–H groups in total. The summed E-state index contributed by atoms with van der Waals surface area (Å²) in [6, 6.07) is 1.32. The van der Waals surface area contributed by atoms with Crippen LogP contribution in [0.15, 0.2) is 6.07 Å². The highest BCUT2D eigenvalue weighted by Gasteiger charge is 2.18. The Kier molecular flexibility index (Phi) is 4.04. The van der Waals surface area contributed by atoms with Crippen molar-refractivity contribution in [2.45, 2.75) is 18.9 Å². The number of hydrogen-bond donors (Lipinski definition) is 1. The van der Waals surface area contributed by atoms with E-state index in [1.54, 1.807) is 0 Å². The average molecular weight is 242 g/mol. The minimum absolute atomic E-state index is 0.0654. The first-order valence-corrected chi connectivity index (χ1v) is 4.64. The molecule has 14 heavy (non-hydrogen) atoms. The maximum Gasteiger partial charge on any atom is 0.267 e. The van der Waals surface area contributed by atoms with Gasteiger partial charge in [-0.15, -0.1) is 11.6 Å². The van der Waals surface area contributed by atoms with Gasteiger partial charge in [-0.25, -0.2) is 13.8 Å². The van der Waals surface area contributed by atoms with Crippen molar-refractivity contribution in [2.75, 3.05) is 0 Å². The Morgan fingerprint density at radius 2 is 2.14 bits per heavy atom. The molecule has 0 aliphatic rings. The third-order valence-electron chi connectivity index (χ3n) is 1.68. The Hall–Kier alpha value is -0.450. The highest BCUT2D eigenvalue weighted by molar-refractivity contribution is 6.30. The Morgan fingerprint density at radius 1 is 1.50 bits per heavy atom. The number of nitrogens with zero attached hydrogens (tertiary/aromatic N) is 1. The summed E-state index contributed by atoms with van der Waals surface area (Å²) in [5, 5.41) is 8.55. The van der Waals surface area contributed by atoms with Gasteiger partial charge in [-0.05, 0) is 11.6 Å². The first-order valence-electron chi connectivity index (χ1n) is 3.73. The molecule has 78 valence electrons. The number of halogens is 4. The number of pyridine rings is 1. The smallest absolute Gasteiger partial charge is 0.267 e. The second-order valence-electron chi connectivity index (χ2n) is 2.57. The van der Waals surface area contributed by atoms with Crippen molar-refractivity contribution in [3.8, 4) is 0 Å². The normalized spacial score (nSPS) is 11.0. The monoisotopic (exact) mass is 241 g/mol. The van der Waals surface area contributed by atoms with Crippen LogP contribution >= 0.6 is 23.2 Å². The van der Waals surface area contributed by atoms with Crippen LogP contribution in [0.2, 0.25) is 5.15 Å². The van der Waals surface area contributed by atoms with Gasteiger partial charge in [0.15, 0.2) is 0 Å². The zero-order valence-corrected chi connectivity index (χ0v) is 8.49. The third-order valence-corrected chi connectivity index (χ3v) is 2.24. The van der Waals surface area contributed by atoms with E-state index in [0.29, 0.717) is 5.69 Å². The number of aromatic nitrogens is 1. The van der Waals surface area contributed by atoms with Gasteiger partial charge >= 0.3 is 0 Å². The van der Waals surface area contributed by atoms with Crippen LogP contribution in [0.25, 0.3) is 0 Å². The SMILES string of the molecule is OCc1cc(CCl)nc(Cl)c1C(F)F. The first-order chi connectivity index (χ1) is 6.60. The summed E-state index contributed by atoms with van der Waals surface area (Å²) in [4.78, 5) is 3.66. The number of hydrogen-bond acceptors (Lipinski definition) is 2. The topological polar surface area (TPSA) is 33.1 Å². The molecule has 0 aromatic carbocycles. The van der Waals surface area contributed by atoms with Crippen molar-refractivity contribution < 1.29 is 13.9 Å². The fourth-order valence-corrected chi connectivity index (χ4v) is 1.51. The number of aliphatic hydroxyl groups is 1. The van der Waals surface area contributed by atoms with E-state index in [2.05, 4.69) is 4.98 Å². The van der Waals surface area contributed by atoms with E-state index in [1.807, 2.05) is 0 Å². The van der Waals surface area contributed by atoms with Gasteiger partial charge in [-0.2, -0.15) is 0 Å². The Bertz CT molecular complexity index is 333. The minimum Gasteiger partial charge on any atom is -0.392 e. The minimum atomic E-state index is -2.75. The number of rotatable bonds is 3. The highest BCUT2D eigenvalue weighted by atomic mass is 35.5. The van der Waals surface area contributed by atoms with E-state index in [1.165, 1.54) is 6.07 Å². The van der Waals surface area contributed by atoms with Gasteiger partial charge in [0, 0.05) is 0 Å². The molecule has 1 heterocycles. The van der Waals surface area contributed by atoms with Crippen molar-refractivity contribution in [1.29, 1.82) is 0 Å². The lowest BCUT2D eigenvalue weighted by Crippen LogP contribution is -2.01. The summed E-state index contributed by atoms with van der Waals surface area (Å²) in [7, 11) is 0. The fraction of sp³-hybridized carbons (Fsp3) is 0.375. The molecule has 0 atom stereocenters. The van der Waals surface area contributed by atoms with Gasteiger partial charge in [0.05, 0.1) is 23.7 Å². The lowest BCUT2D eigenvalue weighted by atomic mass is 10.1. The van der Waals surface area contributed by atoms with Crippen LogP contribution in [-0.4, -0.2) is 10.1 Å². The van der Waals surface area contributed by atoms with Gasteiger partial charge in [0.2, 0.25) is 0 Å². The van der Waals surface area contributed by atoms with Gasteiger partial charge in [0.25, 0.3) is 6.43 Å². The number of alkyl halides is 3. The van der Waals surface area contributed by atoms with E-state index in [0.717, 1.165) is 0 Å². The molecular weight excluding hydrogens is 235 g/mol. The maximum absolute atomic E-state index is 12.4. The maximum atomic E-state index is 12.4. The molecule has 0 radical (unpaired) electrons. The van der Waals surface area contributed by atoms with Crippen LogP contribution in [0.4, 0.5) is 8.78 Å². The molecule has 0 fully saturated rings. The molecule has 6 heteroatoms. The van der Waals surface area contributed by atoms with Crippen molar-refractivity contribution in [3.63, 3.8) is 0 Å². The predicted octanol–water partition coefficient (Wildman–Crippen LogP) is 2.90. The molecule has 1 aromatic heterocycles. The average Bonchev–Trinajstić information content (AvgIpc) is 2.15. The molecule has 1 rings (SSSR count). The standard InChI is InChI=1S/C8H7Cl2F2NO/c9-2-5-1-4(3-14)6(8(11)12)7(10)13-5/h1,8,14H,2-3H2. The van der Waals surface area contributed by atoms with Gasteiger partial charge in [-0.1, -0.05) is 11.6 Å². The second-order valence-corrected chi connectivity index (χ2v) is 3.19. The lowest BCUT2D eigenvalue weighted by molar-refractivity contribution is 0.146. The summed E-state index contributed by atoms with van der Waals surface area (Å²) >= 11 is 11.0. The van der Waals surface area contributed by atoms with E-state index in [4.69, 9.17) is 28.3 Å². The van der Waals surface area contributed by atoms with E-state index in [-0.39, 0.29) is 16.6 Å².